The number of aliphatic hydroxyl groups is 1. The summed E-state index contributed by atoms with van der Waals surface area (Å²) >= 11 is 0. The number of hydrogen-bond acceptors (Lipinski definition) is 3. The fourth-order valence-electron chi connectivity index (χ4n) is 4.32. The van der Waals surface area contributed by atoms with Gasteiger partial charge in [0.15, 0.2) is 0 Å². The lowest BCUT2D eigenvalue weighted by Crippen LogP contribution is -2.46. The number of nitrogens with one attached hydrogen (secondary N) is 1. The molecule has 22 heavy (non-hydrogen) atoms. The van der Waals surface area contributed by atoms with Crippen LogP contribution in [0, 0.1) is 17.8 Å². The molecule has 2 saturated carbocycles. The van der Waals surface area contributed by atoms with Gasteiger partial charge in [-0.2, -0.15) is 0 Å². The number of fused-ring (bicyclic) bond motifs is 2. The summed E-state index contributed by atoms with van der Waals surface area (Å²) in [5.74, 6) is 1.06. The highest BCUT2D eigenvalue weighted by Crippen LogP contribution is 2.48. The van der Waals surface area contributed by atoms with E-state index >= 15 is 0 Å². The fourth-order valence-corrected chi connectivity index (χ4v) is 6.05. The van der Waals surface area contributed by atoms with Crippen LogP contribution in [0.4, 0.5) is 0 Å². The second-order valence-electron chi connectivity index (χ2n) is 6.92. The van der Waals surface area contributed by atoms with E-state index in [1.54, 1.807) is 0 Å². The predicted molar refractivity (Wildman–Crippen MR) is 87.0 cm³/mol. The highest BCUT2D eigenvalue weighted by molar-refractivity contribution is 7.89. The summed E-state index contributed by atoms with van der Waals surface area (Å²) in [5.41, 5.74) is 1.04. The van der Waals surface area contributed by atoms with Gasteiger partial charge >= 0.3 is 0 Å². The van der Waals surface area contributed by atoms with E-state index in [1.165, 1.54) is 0 Å². The fraction of sp³-hybridized carbons (Fsp3) is 0.647. The van der Waals surface area contributed by atoms with Gasteiger partial charge in [-0.3, -0.25) is 0 Å². The van der Waals surface area contributed by atoms with Crippen molar-refractivity contribution in [3.8, 4) is 0 Å². The third kappa shape index (κ3) is 3.21. The highest BCUT2D eigenvalue weighted by atomic mass is 32.2. The molecule has 2 aliphatic carbocycles. The van der Waals surface area contributed by atoms with E-state index in [2.05, 4.69) is 4.72 Å². The molecule has 2 fully saturated rings. The highest BCUT2D eigenvalue weighted by Gasteiger charge is 2.48. The van der Waals surface area contributed by atoms with Crippen LogP contribution in [0.5, 0.6) is 0 Å². The van der Waals surface area contributed by atoms with Gasteiger partial charge in [0, 0.05) is 18.6 Å². The lowest BCUT2D eigenvalue weighted by molar-refractivity contribution is 0.153. The lowest BCUT2D eigenvalue weighted by atomic mass is 9.86. The van der Waals surface area contributed by atoms with Crippen LogP contribution in [0.3, 0.4) is 0 Å². The first-order valence-corrected chi connectivity index (χ1v) is 9.81. The smallest absolute Gasteiger partial charge is 0.212 e. The molecule has 2 N–H and O–H groups in total. The molecule has 2 aliphatic rings. The second-order valence-corrected chi connectivity index (χ2v) is 8.71. The topological polar surface area (TPSA) is 66.4 Å². The molecule has 3 rings (SSSR count). The van der Waals surface area contributed by atoms with Crippen LogP contribution in [0.2, 0.25) is 0 Å². The number of rotatable bonds is 6. The van der Waals surface area contributed by atoms with Gasteiger partial charge in [-0.25, -0.2) is 13.1 Å². The van der Waals surface area contributed by atoms with E-state index in [0.717, 1.165) is 24.8 Å². The Kier molecular flexibility index (Phi) is 4.57. The maximum absolute atomic E-state index is 12.5. The van der Waals surface area contributed by atoms with Crippen molar-refractivity contribution in [3.05, 3.63) is 35.9 Å². The zero-order valence-corrected chi connectivity index (χ0v) is 13.8. The summed E-state index contributed by atoms with van der Waals surface area (Å²) in [6, 6.07) is 9.66. The van der Waals surface area contributed by atoms with Gasteiger partial charge in [0.1, 0.15) is 0 Å². The first-order valence-electron chi connectivity index (χ1n) is 8.16. The molecule has 0 radical (unpaired) electrons. The largest absolute Gasteiger partial charge is 0.396 e. The molecule has 0 amide bonds. The van der Waals surface area contributed by atoms with Gasteiger partial charge in [0.2, 0.25) is 10.0 Å². The molecule has 0 aliphatic heterocycles. The molecular formula is C17H25NO3S. The predicted octanol–water partition coefficient (Wildman–Crippen LogP) is 2.12. The van der Waals surface area contributed by atoms with Gasteiger partial charge in [-0.05, 0) is 42.6 Å². The van der Waals surface area contributed by atoms with Crippen molar-refractivity contribution in [1.29, 1.82) is 0 Å². The van der Waals surface area contributed by atoms with Gasteiger partial charge < -0.3 is 5.11 Å². The molecule has 2 bridgehead atoms. The van der Waals surface area contributed by atoms with Crippen LogP contribution in [0.15, 0.2) is 30.3 Å². The summed E-state index contributed by atoms with van der Waals surface area (Å²) in [5, 5.41) is 9.58. The zero-order chi connectivity index (χ0) is 15.7. The maximum Gasteiger partial charge on any atom is 0.212 e. The minimum atomic E-state index is -3.34. The monoisotopic (exact) mass is 323 g/mol. The minimum Gasteiger partial charge on any atom is -0.396 e. The molecule has 5 unspecified atom stereocenters. The molecule has 0 heterocycles. The Morgan fingerprint density at radius 1 is 1.23 bits per heavy atom. The van der Waals surface area contributed by atoms with Crippen LogP contribution >= 0.6 is 0 Å². The van der Waals surface area contributed by atoms with E-state index in [1.807, 2.05) is 37.3 Å². The Morgan fingerprint density at radius 3 is 2.59 bits per heavy atom. The van der Waals surface area contributed by atoms with Crippen LogP contribution in [-0.2, 0) is 10.0 Å². The van der Waals surface area contributed by atoms with Crippen molar-refractivity contribution in [2.75, 3.05) is 12.4 Å². The summed E-state index contributed by atoms with van der Waals surface area (Å²) < 4.78 is 27.9. The van der Waals surface area contributed by atoms with Crippen molar-refractivity contribution in [2.24, 2.45) is 17.8 Å². The van der Waals surface area contributed by atoms with E-state index < -0.39 is 10.0 Å². The number of aliphatic hydroxyl groups excluding tert-OH is 1. The van der Waals surface area contributed by atoms with Crippen LogP contribution in [0.1, 0.15) is 37.7 Å². The summed E-state index contributed by atoms with van der Waals surface area (Å²) in [6.07, 6.45) is 3.28. The Balaban J connectivity index is 1.66. The van der Waals surface area contributed by atoms with Gasteiger partial charge in [-0.1, -0.05) is 37.3 Å². The quantitative estimate of drug-likeness (QED) is 0.843. The first-order chi connectivity index (χ1) is 10.5. The minimum absolute atomic E-state index is 0.0372. The summed E-state index contributed by atoms with van der Waals surface area (Å²) in [6.45, 7) is 2.03. The van der Waals surface area contributed by atoms with Crippen molar-refractivity contribution in [1.82, 2.24) is 4.72 Å². The third-order valence-corrected chi connectivity index (χ3v) is 7.02. The van der Waals surface area contributed by atoms with Crippen LogP contribution < -0.4 is 4.72 Å². The Labute approximate surface area is 133 Å². The van der Waals surface area contributed by atoms with Crippen molar-refractivity contribution in [2.45, 2.75) is 38.1 Å². The third-order valence-electron chi connectivity index (χ3n) is 5.45. The first kappa shape index (κ1) is 16.0. The number of benzene rings is 1. The van der Waals surface area contributed by atoms with Gasteiger partial charge in [0.25, 0.3) is 0 Å². The summed E-state index contributed by atoms with van der Waals surface area (Å²) in [7, 11) is -3.34. The van der Waals surface area contributed by atoms with E-state index in [9.17, 15) is 13.5 Å². The number of sulfonamides is 1. The van der Waals surface area contributed by atoms with Crippen molar-refractivity contribution < 1.29 is 13.5 Å². The molecule has 122 valence electrons. The van der Waals surface area contributed by atoms with Crippen LogP contribution in [0.25, 0.3) is 0 Å². The molecule has 5 atom stereocenters. The zero-order valence-electron chi connectivity index (χ0n) is 13.0. The van der Waals surface area contributed by atoms with E-state index in [0.29, 0.717) is 11.8 Å². The standard InChI is InChI=1S/C17H25NO3S/c1-12(13-5-3-2-4-6-13)11-22(20,21)18-17-15-8-7-14(9-15)16(17)10-19/h2-6,12,14-19H,7-11H2,1H3. The Hall–Kier alpha value is -0.910. The average Bonchev–Trinajstić information content (AvgIpc) is 3.08. The molecule has 5 heteroatoms. The molecular weight excluding hydrogens is 298 g/mol. The second kappa shape index (κ2) is 6.30. The Morgan fingerprint density at radius 2 is 1.91 bits per heavy atom. The molecule has 1 aromatic rings. The van der Waals surface area contributed by atoms with Crippen LogP contribution in [-0.4, -0.2) is 31.9 Å². The lowest BCUT2D eigenvalue weighted by Gasteiger charge is -2.30. The maximum atomic E-state index is 12.5. The molecule has 0 saturated heterocycles. The van der Waals surface area contributed by atoms with E-state index in [-0.39, 0.29) is 30.2 Å². The van der Waals surface area contributed by atoms with E-state index in [4.69, 9.17) is 0 Å². The van der Waals surface area contributed by atoms with Crippen molar-refractivity contribution in [3.63, 3.8) is 0 Å². The van der Waals surface area contributed by atoms with Crippen molar-refractivity contribution >= 4 is 10.0 Å². The Bertz CT molecular complexity index is 602. The summed E-state index contributed by atoms with van der Waals surface area (Å²) in [4.78, 5) is 0. The molecule has 4 nitrogen and oxygen atoms in total. The molecule has 1 aromatic carbocycles. The van der Waals surface area contributed by atoms with Gasteiger partial charge in [-0.15, -0.1) is 0 Å². The average molecular weight is 323 g/mol. The number of hydrogen-bond donors (Lipinski definition) is 2. The van der Waals surface area contributed by atoms with Gasteiger partial charge in [0.05, 0.1) is 5.75 Å². The normalized spacial score (nSPS) is 32.3. The molecule has 0 spiro atoms. The molecule has 0 aromatic heterocycles. The SMILES string of the molecule is CC(CS(=O)(=O)NC1C2CCC(C2)C1CO)c1ccccc1.